The Morgan fingerprint density at radius 3 is 1.15 bits per heavy atom. The van der Waals surface area contributed by atoms with Crippen LogP contribution in [0, 0.1) is 0 Å². The molecule has 6 nitrogen and oxygen atoms in total. The Morgan fingerprint density at radius 2 is 1.00 bits per heavy atom. The molecular weight excluding hydrogens is 208 g/mol. The maximum Gasteiger partial charge on any atom is 2.00 e. The molecule has 0 bridgehead atoms. The minimum atomic E-state index is -1.67. The van der Waals surface area contributed by atoms with Gasteiger partial charge in [0.15, 0.2) is 0 Å². The van der Waals surface area contributed by atoms with Crippen LogP contribution >= 0.6 is 0 Å². The molecule has 13 heavy (non-hydrogen) atoms. The van der Waals surface area contributed by atoms with Gasteiger partial charge in [0.25, 0.3) is 0 Å². The third-order valence-electron chi connectivity index (χ3n) is 1.51. The molecule has 0 fully saturated rings. The number of hydrogen-bond donors (Lipinski definition) is 6. The van der Waals surface area contributed by atoms with Gasteiger partial charge < -0.3 is 33.5 Å². The second-order valence-electron chi connectivity index (χ2n) is 2.48. The van der Waals surface area contributed by atoms with Crippen molar-refractivity contribution in [1.29, 1.82) is 0 Å². The van der Waals surface area contributed by atoms with Gasteiger partial charge in [-0.15, -0.1) is 0 Å². The van der Waals surface area contributed by atoms with E-state index in [-0.39, 0.29) is 40.6 Å². The van der Waals surface area contributed by atoms with Gasteiger partial charge in [-0.25, -0.2) is 0 Å². The molecule has 0 heterocycles. The molecule has 0 aromatic rings. The molecule has 0 aromatic heterocycles. The van der Waals surface area contributed by atoms with E-state index in [1.54, 1.807) is 0 Å². The summed E-state index contributed by atoms with van der Waals surface area (Å²) in [5, 5.41) is 52.2. The van der Waals surface area contributed by atoms with E-state index in [2.05, 4.69) is 0 Å². The smallest absolute Gasteiger partial charge is 1.00 e. The molecule has 0 aliphatic carbocycles. The van der Waals surface area contributed by atoms with Crippen LogP contribution < -0.4 is 0 Å². The van der Waals surface area contributed by atoms with Gasteiger partial charge >= 0.3 is 37.7 Å². The van der Waals surface area contributed by atoms with Gasteiger partial charge in [-0.3, -0.25) is 0 Å². The Hall–Kier alpha value is 1.02. The number of rotatable bonds is 5. The summed E-state index contributed by atoms with van der Waals surface area (Å²) in [5.74, 6) is 0. The van der Waals surface area contributed by atoms with Gasteiger partial charge in [0.2, 0.25) is 0 Å². The first-order chi connectivity index (χ1) is 5.54. The summed E-state index contributed by atoms with van der Waals surface area (Å²) in [6.45, 7) is -1.45. The standard InChI is InChI=1S/C6H14O6.Ca.2H/c7-1-3(9)5(11)6(12)4(10)2-8;;;/h3-12H,1-2H2;;;/q;+2;2*-1. The molecular formula is C6H16CaO6. The quantitative estimate of drug-likeness (QED) is 0.267. The molecule has 4 atom stereocenters. The first kappa shape index (κ1) is 16.4. The molecule has 78 valence electrons. The second kappa shape index (κ2) is 8.34. The zero-order valence-corrected chi connectivity index (χ0v) is 9.32. The van der Waals surface area contributed by atoms with Crippen LogP contribution in [0.4, 0.5) is 0 Å². The number of aliphatic hydroxyl groups is 6. The van der Waals surface area contributed by atoms with Gasteiger partial charge in [-0.1, -0.05) is 0 Å². The van der Waals surface area contributed by atoms with E-state index in [0.717, 1.165) is 0 Å². The Bertz CT molecular complexity index is 118. The van der Waals surface area contributed by atoms with E-state index in [4.69, 9.17) is 30.6 Å². The summed E-state index contributed by atoms with van der Waals surface area (Å²) in [6.07, 6.45) is -6.39. The van der Waals surface area contributed by atoms with Crippen LogP contribution in [0.3, 0.4) is 0 Å². The predicted molar refractivity (Wildman–Crippen MR) is 46.2 cm³/mol. The first-order valence-electron chi connectivity index (χ1n) is 3.48. The van der Waals surface area contributed by atoms with Crippen molar-refractivity contribution in [3.05, 3.63) is 0 Å². The predicted octanol–water partition coefficient (Wildman–Crippen LogP) is -3.74. The zero-order valence-electron chi connectivity index (χ0n) is 9.11. The van der Waals surface area contributed by atoms with Crippen molar-refractivity contribution in [3.63, 3.8) is 0 Å². The van der Waals surface area contributed by atoms with Crippen LogP contribution in [0.1, 0.15) is 2.85 Å². The molecule has 0 spiro atoms. The molecule has 0 rings (SSSR count). The van der Waals surface area contributed by atoms with Crippen LogP contribution in [0.15, 0.2) is 0 Å². The molecule has 0 amide bonds. The Kier molecular flexibility index (Phi) is 10.6. The van der Waals surface area contributed by atoms with Crippen molar-refractivity contribution < 1.29 is 33.5 Å². The summed E-state index contributed by atoms with van der Waals surface area (Å²) in [4.78, 5) is 0. The van der Waals surface area contributed by atoms with E-state index in [1.165, 1.54) is 0 Å². The summed E-state index contributed by atoms with van der Waals surface area (Å²) in [5.41, 5.74) is 0. The fourth-order valence-electron chi connectivity index (χ4n) is 0.671. The largest absolute Gasteiger partial charge is 2.00 e. The zero-order chi connectivity index (χ0) is 9.72. The van der Waals surface area contributed by atoms with E-state index < -0.39 is 37.6 Å². The van der Waals surface area contributed by atoms with Crippen LogP contribution in [0.2, 0.25) is 0 Å². The SMILES string of the molecule is OCC(O)C(O)C(O)C(O)CO.[Ca+2].[H-].[H-]. The van der Waals surface area contributed by atoms with E-state index >= 15 is 0 Å². The van der Waals surface area contributed by atoms with Gasteiger partial charge in [0.1, 0.15) is 24.4 Å². The molecule has 0 saturated carbocycles. The van der Waals surface area contributed by atoms with Crippen LogP contribution in [0.5, 0.6) is 0 Å². The second-order valence-corrected chi connectivity index (χ2v) is 2.48. The fourth-order valence-corrected chi connectivity index (χ4v) is 0.671. The van der Waals surface area contributed by atoms with Gasteiger partial charge in [0, 0.05) is 0 Å². The molecule has 0 aliphatic heterocycles. The molecule has 0 aliphatic rings. The van der Waals surface area contributed by atoms with Crippen LogP contribution in [-0.4, -0.2) is 106 Å². The van der Waals surface area contributed by atoms with Crippen molar-refractivity contribution in [2.24, 2.45) is 0 Å². The summed E-state index contributed by atoms with van der Waals surface area (Å²) < 4.78 is 0. The number of aliphatic hydroxyl groups excluding tert-OH is 6. The maximum absolute atomic E-state index is 8.96. The van der Waals surface area contributed by atoms with E-state index in [0.29, 0.717) is 0 Å². The molecule has 0 aromatic carbocycles. The normalized spacial score (nSPS) is 19.8. The molecule has 0 radical (unpaired) electrons. The third-order valence-corrected chi connectivity index (χ3v) is 1.51. The van der Waals surface area contributed by atoms with Crippen molar-refractivity contribution >= 4 is 37.7 Å². The molecule has 0 saturated heterocycles. The summed E-state index contributed by atoms with van der Waals surface area (Å²) in [7, 11) is 0. The monoisotopic (exact) mass is 224 g/mol. The van der Waals surface area contributed by atoms with Gasteiger partial charge in [-0.05, 0) is 0 Å². The third kappa shape index (κ3) is 5.46. The topological polar surface area (TPSA) is 121 Å². The van der Waals surface area contributed by atoms with Crippen molar-refractivity contribution in [2.75, 3.05) is 13.2 Å². The van der Waals surface area contributed by atoms with Crippen LogP contribution in [-0.2, 0) is 0 Å². The maximum atomic E-state index is 8.96. The average Bonchev–Trinajstić information content (AvgIpc) is 2.12. The first-order valence-corrected chi connectivity index (χ1v) is 3.48. The van der Waals surface area contributed by atoms with E-state index in [9.17, 15) is 0 Å². The molecule has 4 unspecified atom stereocenters. The summed E-state index contributed by atoms with van der Waals surface area (Å²) >= 11 is 0. The molecule has 6 N–H and O–H groups in total. The van der Waals surface area contributed by atoms with Crippen molar-refractivity contribution in [2.45, 2.75) is 24.4 Å². The Balaban J connectivity index is -0.000000202. The van der Waals surface area contributed by atoms with Gasteiger partial charge in [0.05, 0.1) is 13.2 Å². The minimum Gasteiger partial charge on any atom is -1.00 e. The van der Waals surface area contributed by atoms with Crippen LogP contribution in [0.25, 0.3) is 0 Å². The van der Waals surface area contributed by atoms with Gasteiger partial charge in [-0.2, -0.15) is 0 Å². The molecule has 7 heteroatoms. The minimum absolute atomic E-state index is 0. The summed E-state index contributed by atoms with van der Waals surface area (Å²) in [6, 6.07) is 0. The van der Waals surface area contributed by atoms with Crippen molar-refractivity contribution in [1.82, 2.24) is 0 Å². The average molecular weight is 224 g/mol. The fraction of sp³-hybridized carbons (Fsp3) is 1.00. The Morgan fingerprint density at radius 1 is 0.769 bits per heavy atom. The Labute approximate surface area is 108 Å². The van der Waals surface area contributed by atoms with E-state index in [1.807, 2.05) is 0 Å². The number of hydrogen-bond acceptors (Lipinski definition) is 6. The van der Waals surface area contributed by atoms with Crippen molar-refractivity contribution in [3.8, 4) is 0 Å².